The van der Waals surface area contributed by atoms with E-state index in [0.29, 0.717) is 38.2 Å². The molecule has 1 fully saturated rings. The molecule has 0 atom stereocenters. The van der Waals surface area contributed by atoms with Crippen LogP contribution < -0.4 is 0 Å². The van der Waals surface area contributed by atoms with Crippen LogP contribution in [0.15, 0.2) is 6.07 Å². The maximum absolute atomic E-state index is 13.6. The molecule has 0 aliphatic carbocycles. The van der Waals surface area contributed by atoms with E-state index in [1.807, 2.05) is 17.7 Å². The Hall–Kier alpha value is -2.00. The van der Waals surface area contributed by atoms with Crippen LogP contribution in [0.5, 0.6) is 0 Å². The van der Waals surface area contributed by atoms with Gasteiger partial charge in [0.2, 0.25) is 10.0 Å². The van der Waals surface area contributed by atoms with Crippen LogP contribution in [0.3, 0.4) is 0 Å². The average molecular weight is 436 g/mol. The quantitative estimate of drug-likeness (QED) is 0.740. The number of sulfonamides is 1. The molecular formula is C21H33N5O3S. The molecule has 1 saturated heterocycles. The molecule has 0 radical (unpaired) electrons. The molecule has 0 aromatic carbocycles. The molecule has 30 heavy (non-hydrogen) atoms. The average Bonchev–Trinajstić information content (AvgIpc) is 2.81. The Bertz CT molecular complexity index is 1070. The van der Waals surface area contributed by atoms with Gasteiger partial charge < -0.3 is 4.90 Å². The van der Waals surface area contributed by atoms with Gasteiger partial charge in [0, 0.05) is 31.9 Å². The second kappa shape index (κ2) is 7.92. The lowest BCUT2D eigenvalue weighted by Gasteiger charge is -2.23. The van der Waals surface area contributed by atoms with Gasteiger partial charge in [0.25, 0.3) is 5.91 Å². The Morgan fingerprint density at radius 1 is 1.13 bits per heavy atom. The molecule has 0 unspecified atom stereocenters. The van der Waals surface area contributed by atoms with Crippen molar-refractivity contribution >= 4 is 27.0 Å². The minimum atomic E-state index is -3.26. The van der Waals surface area contributed by atoms with Crippen LogP contribution in [0, 0.1) is 6.92 Å². The van der Waals surface area contributed by atoms with Crippen LogP contribution in [0.4, 0.5) is 0 Å². The lowest BCUT2D eigenvalue weighted by Crippen LogP contribution is -2.37. The van der Waals surface area contributed by atoms with Gasteiger partial charge in [0.15, 0.2) is 5.65 Å². The first kappa shape index (κ1) is 22.7. The van der Waals surface area contributed by atoms with Crippen molar-refractivity contribution in [3.05, 3.63) is 23.0 Å². The summed E-state index contributed by atoms with van der Waals surface area (Å²) in [4.78, 5) is 20.2. The summed E-state index contributed by atoms with van der Waals surface area (Å²) in [6, 6.07) is 1.89. The summed E-state index contributed by atoms with van der Waals surface area (Å²) in [5, 5.41) is 5.49. The number of amides is 1. The van der Waals surface area contributed by atoms with Gasteiger partial charge in [-0.05, 0) is 46.1 Å². The van der Waals surface area contributed by atoms with E-state index >= 15 is 0 Å². The number of fused-ring (bicyclic) bond motifs is 1. The molecule has 1 aliphatic rings. The van der Waals surface area contributed by atoms with Gasteiger partial charge in [0.1, 0.15) is 0 Å². The summed E-state index contributed by atoms with van der Waals surface area (Å²) in [5.41, 5.74) is 2.68. The Balaban J connectivity index is 2.08. The Morgan fingerprint density at radius 2 is 1.80 bits per heavy atom. The second-order valence-corrected chi connectivity index (χ2v) is 11.4. The van der Waals surface area contributed by atoms with Crippen LogP contribution in [-0.2, 0) is 15.6 Å². The third kappa shape index (κ3) is 4.37. The Labute approximate surface area is 179 Å². The van der Waals surface area contributed by atoms with Crippen molar-refractivity contribution in [2.45, 2.75) is 59.4 Å². The predicted molar refractivity (Wildman–Crippen MR) is 118 cm³/mol. The monoisotopic (exact) mass is 435 g/mol. The first-order chi connectivity index (χ1) is 13.8. The van der Waals surface area contributed by atoms with Gasteiger partial charge in [0.05, 0.1) is 28.4 Å². The zero-order valence-electron chi connectivity index (χ0n) is 19.1. The molecule has 9 heteroatoms. The maximum Gasteiger partial charge on any atom is 0.254 e. The first-order valence-corrected chi connectivity index (χ1v) is 12.3. The van der Waals surface area contributed by atoms with E-state index in [4.69, 9.17) is 10.1 Å². The van der Waals surface area contributed by atoms with Crippen molar-refractivity contribution in [2.75, 3.05) is 32.4 Å². The van der Waals surface area contributed by atoms with Gasteiger partial charge in [-0.3, -0.25) is 4.79 Å². The number of aryl methyl sites for hydroxylation is 1. The molecular weight excluding hydrogens is 402 g/mol. The molecule has 2 aromatic heterocycles. The summed E-state index contributed by atoms with van der Waals surface area (Å²) >= 11 is 0. The second-order valence-electron chi connectivity index (χ2n) is 9.42. The summed E-state index contributed by atoms with van der Waals surface area (Å²) in [7, 11) is -3.26. The number of carbonyl (C=O) groups excluding carboxylic acids is 1. The van der Waals surface area contributed by atoms with Crippen LogP contribution in [-0.4, -0.2) is 70.7 Å². The summed E-state index contributed by atoms with van der Waals surface area (Å²) < 4.78 is 27.2. The number of rotatable bonds is 3. The third-order valence-corrected chi connectivity index (χ3v) is 6.80. The van der Waals surface area contributed by atoms with E-state index in [0.717, 1.165) is 22.4 Å². The van der Waals surface area contributed by atoms with Crippen molar-refractivity contribution in [2.24, 2.45) is 0 Å². The lowest BCUT2D eigenvalue weighted by molar-refractivity contribution is 0.0766. The van der Waals surface area contributed by atoms with Crippen molar-refractivity contribution in [1.82, 2.24) is 24.0 Å². The third-order valence-electron chi connectivity index (χ3n) is 5.50. The highest BCUT2D eigenvalue weighted by Crippen LogP contribution is 2.30. The van der Waals surface area contributed by atoms with Gasteiger partial charge >= 0.3 is 0 Å². The highest BCUT2D eigenvalue weighted by molar-refractivity contribution is 7.88. The summed E-state index contributed by atoms with van der Waals surface area (Å²) in [5.74, 6) is 0.0747. The molecule has 0 N–H and O–H groups in total. The molecule has 1 aliphatic heterocycles. The van der Waals surface area contributed by atoms with Crippen molar-refractivity contribution in [3.63, 3.8) is 0 Å². The van der Waals surface area contributed by atoms with E-state index in [1.54, 1.807) is 4.90 Å². The minimum absolute atomic E-state index is 0.0868. The SMILES string of the molecule is Cc1nn(C(C)(C)C)c2nc(C(C)C)cc(C(=O)N3CCCN(S(C)(=O)=O)CC3)c12. The van der Waals surface area contributed by atoms with Crippen molar-refractivity contribution in [3.8, 4) is 0 Å². The van der Waals surface area contributed by atoms with E-state index in [1.165, 1.54) is 10.6 Å². The highest BCUT2D eigenvalue weighted by atomic mass is 32.2. The smallest absolute Gasteiger partial charge is 0.254 e. The number of hydrogen-bond acceptors (Lipinski definition) is 5. The molecule has 2 aromatic rings. The fraction of sp³-hybridized carbons (Fsp3) is 0.667. The fourth-order valence-electron chi connectivity index (χ4n) is 3.84. The molecule has 8 nitrogen and oxygen atoms in total. The van der Waals surface area contributed by atoms with Crippen molar-refractivity contribution < 1.29 is 13.2 Å². The zero-order chi connectivity index (χ0) is 22.4. The van der Waals surface area contributed by atoms with Crippen LogP contribution in [0.2, 0.25) is 0 Å². The molecule has 3 rings (SSSR count). The summed E-state index contributed by atoms with van der Waals surface area (Å²) in [6.45, 7) is 13.9. The van der Waals surface area contributed by atoms with Gasteiger partial charge in [-0.15, -0.1) is 0 Å². The predicted octanol–water partition coefficient (Wildman–Crippen LogP) is 2.73. The van der Waals surface area contributed by atoms with Crippen molar-refractivity contribution in [1.29, 1.82) is 0 Å². The number of nitrogens with zero attached hydrogens (tertiary/aromatic N) is 5. The fourth-order valence-corrected chi connectivity index (χ4v) is 4.71. The highest BCUT2D eigenvalue weighted by Gasteiger charge is 2.29. The zero-order valence-corrected chi connectivity index (χ0v) is 19.9. The van der Waals surface area contributed by atoms with E-state index in [-0.39, 0.29) is 17.4 Å². The van der Waals surface area contributed by atoms with Crippen LogP contribution in [0.1, 0.15) is 68.7 Å². The van der Waals surface area contributed by atoms with Crippen LogP contribution >= 0.6 is 0 Å². The molecule has 1 amide bonds. The normalized spacial score (nSPS) is 17.0. The Kier molecular flexibility index (Phi) is 5.99. The van der Waals surface area contributed by atoms with Gasteiger partial charge in [-0.1, -0.05) is 13.8 Å². The van der Waals surface area contributed by atoms with E-state index < -0.39 is 10.0 Å². The first-order valence-electron chi connectivity index (χ1n) is 10.5. The Morgan fingerprint density at radius 3 is 2.37 bits per heavy atom. The maximum atomic E-state index is 13.6. The van der Waals surface area contributed by atoms with E-state index in [9.17, 15) is 13.2 Å². The van der Waals surface area contributed by atoms with Crippen LogP contribution in [0.25, 0.3) is 11.0 Å². The number of carbonyl (C=O) groups is 1. The standard InChI is InChI=1S/C21H33N5O3S/c1-14(2)17-13-16(18-15(3)23-26(19(18)22-17)21(4,5)6)20(27)24-9-8-10-25(12-11-24)30(7,28)29/h13-14H,8-12H2,1-7H3. The summed E-state index contributed by atoms with van der Waals surface area (Å²) in [6.07, 6.45) is 1.83. The molecule has 0 bridgehead atoms. The van der Waals surface area contributed by atoms with Gasteiger partial charge in [-0.25, -0.2) is 22.4 Å². The minimum Gasteiger partial charge on any atom is -0.337 e. The van der Waals surface area contributed by atoms with E-state index in [2.05, 4.69) is 34.6 Å². The molecule has 3 heterocycles. The number of pyridine rings is 1. The number of aromatic nitrogens is 3. The lowest BCUT2D eigenvalue weighted by atomic mass is 10.0. The molecule has 0 spiro atoms. The molecule has 0 saturated carbocycles. The largest absolute Gasteiger partial charge is 0.337 e. The molecule has 166 valence electrons. The topological polar surface area (TPSA) is 88.4 Å². The number of hydrogen-bond donors (Lipinski definition) is 0. The van der Waals surface area contributed by atoms with Gasteiger partial charge in [-0.2, -0.15) is 5.10 Å².